The van der Waals surface area contributed by atoms with Crippen molar-refractivity contribution >= 4 is 29.1 Å². The topological polar surface area (TPSA) is 111 Å². The molecule has 0 fully saturated rings. The molecule has 1 atom stereocenters. The van der Waals surface area contributed by atoms with Gasteiger partial charge in [-0.2, -0.15) is 0 Å². The maximum atomic E-state index is 13.1. The number of hydrogen-bond donors (Lipinski definition) is 2. The number of benzene rings is 2. The predicted octanol–water partition coefficient (Wildman–Crippen LogP) is 0.874. The van der Waals surface area contributed by atoms with Crippen LogP contribution >= 0.6 is 0 Å². The van der Waals surface area contributed by atoms with Gasteiger partial charge in [0.15, 0.2) is 0 Å². The van der Waals surface area contributed by atoms with Crippen LogP contribution in [0.25, 0.3) is 11.0 Å². The first-order valence-corrected chi connectivity index (χ1v) is 10.2. The average molecular weight is 438 g/mol. The molecule has 2 amide bonds. The van der Waals surface area contributed by atoms with E-state index in [-0.39, 0.29) is 31.6 Å². The lowest BCUT2D eigenvalue weighted by molar-refractivity contribution is -0.123. The van der Waals surface area contributed by atoms with Gasteiger partial charge in [0.25, 0.3) is 0 Å². The Balaban J connectivity index is 1.83. The molecule has 2 N–H and O–H groups in total. The van der Waals surface area contributed by atoms with Crippen LogP contribution in [0, 0.1) is 0 Å². The Labute approximate surface area is 185 Å². The van der Waals surface area contributed by atoms with Crippen LogP contribution in [-0.2, 0) is 33.9 Å². The van der Waals surface area contributed by atoms with Crippen LogP contribution in [0.4, 0.5) is 0 Å². The van der Waals surface area contributed by atoms with E-state index in [0.29, 0.717) is 29.5 Å². The molecule has 1 unspecified atom stereocenters. The number of ether oxygens (including phenoxy) is 1. The Hall–Kier alpha value is -3.88. The fourth-order valence-electron chi connectivity index (χ4n) is 3.57. The number of rotatable bonds is 10. The molecule has 0 aliphatic heterocycles. The third-order valence-electron chi connectivity index (χ3n) is 5.00. The quantitative estimate of drug-likeness (QED) is 0.457. The number of hydrogen-bond acceptors (Lipinski definition) is 5. The van der Waals surface area contributed by atoms with Crippen molar-refractivity contribution in [1.82, 2.24) is 19.8 Å². The number of amides is 2. The number of methoxy groups -OCH3 is 1. The zero-order valence-electron chi connectivity index (χ0n) is 18.0. The average Bonchev–Trinajstić information content (AvgIpc) is 3.03. The summed E-state index contributed by atoms with van der Waals surface area (Å²) in [4.78, 5) is 48.4. The van der Waals surface area contributed by atoms with Crippen molar-refractivity contribution in [3.63, 3.8) is 0 Å². The van der Waals surface area contributed by atoms with Crippen LogP contribution in [-0.4, -0.2) is 46.9 Å². The van der Waals surface area contributed by atoms with E-state index in [4.69, 9.17) is 4.74 Å². The van der Waals surface area contributed by atoms with Crippen LogP contribution in [0.15, 0.2) is 53.3 Å². The molecule has 0 saturated carbocycles. The van der Waals surface area contributed by atoms with Gasteiger partial charge in [-0.25, -0.2) is 4.79 Å². The zero-order valence-corrected chi connectivity index (χ0v) is 18.0. The Bertz CT molecular complexity index is 1170. The Morgan fingerprint density at radius 3 is 2.41 bits per heavy atom. The van der Waals surface area contributed by atoms with E-state index in [1.54, 1.807) is 18.2 Å². The number of aldehydes is 1. The van der Waals surface area contributed by atoms with Crippen molar-refractivity contribution in [2.75, 3.05) is 13.7 Å². The highest BCUT2D eigenvalue weighted by Gasteiger charge is 2.19. The summed E-state index contributed by atoms with van der Waals surface area (Å²) in [5.41, 5.74) is 1.56. The minimum absolute atomic E-state index is 0.127. The van der Waals surface area contributed by atoms with Crippen molar-refractivity contribution in [1.29, 1.82) is 0 Å². The summed E-state index contributed by atoms with van der Waals surface area (Å²) < 4.78 is 7.84. The van der Waals surface area contributed by atoms with Crippen LogP contribution in [0.1, 0.15) is 12.5 Å². The number of nitrogens with one attached hydrogen (secondary N) is 2. The zero-order chi connectivity index (χ0) is 23.1. The van der Waals surface area contributed by atoms with E-state index >= 15 is 0 Å². The van der Waals surface area contributed by atoms with Gasteiger partial charge in [0.1, 0.15) is 25.1 Å². The largest absolute Gasteiger partial charge is 0.497 e. The minimum Gasteiger partial charge on any atom is -0.497 e. The first kappa shape index (κ1) is 22.8. The Morgan fingerprint density at radius 1 is 1.03 bits per heavy atom. The summed E-state index contributed by atoms with van der Waals surface area (Å²) in [6, 6.07) is 14.7. The molecule has 1 heterocycles. The fraction of sp³-hybridized carbons (Fsp3) is 0.304. The molecule has 168 valence electrons. The maximum Gasteiger partial charge on any atom is 0.330 e. The van der Waals surface area contributed by atoms with Gasteiger partial charge in [-0.15, -0.1) is 0 Å². The number of fused-ring (bicyclic) bond motifs is 1. The molecule has 9 heteroatoms. The highest BCUT2D eigenvalue weighted by Crippen LogP contribution is 2.20. The van der Waals surface area contributed by atoms with Crippen LogP contribution in [0.5, 0.6) is 5.75 Å². The minimum atomic E-state index is -0.500. The van der Waals surface area contributed by atoms with E-state index in [1.807, 2.05) is 37.3 Å². The van der Waals surface area contributed by atoms with E-state index in [0.717, 1.165) is 5.56 Å². The van der Waals surface area contributed by atoms with Crippen LogP contribution < -0.4 is 21.1 Å². The molecule has 3 rings (SSSR count). The van der Waals surface area contributed by atoms with Crippen molar-refractivity contribution in [2.24, 2.45) is 0 Å². The highest BCUT2D eigenvalue weighted by molar-refractivity contribution is 5.84. The standard InChI is InChI=1S/C23H26N4O5/c1-16(12-17-6-4-3-5-7-17)25-22(30)15-27-20-13-18(32-2)8-9-19(20)26(23(27)31)14-21(29)24-10-11-28/h3-9,11,13,16H,10,12,14-15H2,1-2H3,(H,24,29)(H,25,30). The van der Waals surface area contributed by atoms with Crippen molar-refractivity contribution in [2.45, 2.75) is 32.5 Å². The number of aromatic nitrogens is 2. The molecule has 2 aromatic carbocycles. The van der Waals surface area contributed by atoms with E-state index in [2.05, 4.69) is 10.6 Å². The smallest absolute Gasteiger partial charge is 0.330 e. The van der Waals surface area contributed by atoms with Crippen LogP contribution in [0.2, 0.25) is 0 Å². The van der Waals surface area contributed by atoms with Gasteiger partial charge in [0.05, 0.1) is 24.7 Å². The van der Waals surface area contributed by atoms with E-state index in [9.17, 15) is 19.2 Å². The summed E-state index contributed by atoms with van der Waals surface area (Å²) in [6.45, 7) is 1.29. The monoisotopic (exact) mass is 438 g/mol. The number of carbonyl (C=O) groups excluding carboxylic acids is 3. The summed E-state index contributed by atoms with van der Waals surface area (Å²) in [6.07, 6.45) is 1.23. The molecule has 0 spiro atoms. The normalized spacial score (nSPS) is 11.7. The first-order chi connectivity index (χ1) is 15.4. The Kier molecular flexibility index (Phi) is 7.43. The lowest BCUT2D eigenvalue weighted by Gasteiger charge is -2.14. The second-order valence-electron chi connectivity index (χ2n) is 7.44. The van der Waals surface area contributed by atoms with Crippen molar-refractivity contribution in [3.8, 4) is 5.75 Å². The maximum absolute atomic E-state index is 13.1. The number of imidazole rings is 1. The summed E-state index contributed by atoms with van der Waals surface area (Å²) in [7, 11) is 1.51. The van der Waals surface area contributed by atoms with Crippen LogP contribution in [0.3, 0.4) is 0 Å². The molecule has 0 radical (unpaired) electrons. The molecular weight excluding hydrogens is 412 g/mol. The van der Waals surface area contributed by atoms with Gasteiger partial charge in [0, 0.05) is 12.1 Å². The lowest BCUT2D eigenvalue weighted by atomic mass is 10.1. The van der Waals surface area contributed by atoms with E-state index in [1.165, 1.54) is 16.2 Å². The first-order valence-electron chi connectivity index (χ1n) is 10.2. The third-order valence-corrected chi connectivity index (χ3v) is 5.00. The third kappa shape index (κ3) is 5.42. The molecule has 0 aliphatic carbocycles. The van der Waals surface area contributed by atoms with Gasteiger partial charge >= 0.3 is 5.69 Å². The predicted molar refractivity (Wildman–Crippen MR) is 120 cm³/mol. The second-order valence-corrected chi connectivity index (χ2v) is 7.44. The van der Waals surface area contributed by atoms with Gasteiger partial charge in [0.2, 0.25) is 11.8 Å². The summed E-state index contributed by atoms with van der Waals surface area (Å²) in [5, 5.41) is 5.33. The van der Waals surface area contributed by atoms with Crippen molar-refractivity contribution < 1.29 is 19.1 Å². The van der Waals surface area contributed by atoms with Gasteiger partial charge in [-0.05, 0) is 31.0 Å². The molecule has 0 bridgehead atoms. The molecule has 0 saturated heterocycles. The molecule has 1 aromatic heterocycles. The SMILES string of the molecule is COc1ccc2c(c1)n(CC(=O)NC(C)Cc1ccccc1)c(=O)n2CC(=O)NCC=O. The van der Waals surface area contributed by atoms with Gasteiger partial charge in [-0.1, -0.05) is 30.3 Å². The van der Waals surface area contributed by atoms with Crippen molar-refractivity contribution in [3.05, 3.63) is 64.6 Å². The highest BCUT2D eigenvalue weighted by atomic mass is 16.5. The molecule has 0 aliphatic rings. The molecular formula is C23H26N4O5. The van der Waals surface area contributed by atoms with Gasteiger partial charge < -0.3 is 20.2 Å². The summed E-state index contributed by atoms with van der Waals surface area (Å²) in [5.74, 6) is -0.274. The second kappa shape index (κ2) is 10.4. The molecule has 3 aromatic rings. The number of nitrogens with zero attached hydrogens (tertiary/aromatic N) is 2. The fourth-order valence-corrected chi connectivity index (χ4v) is 3.57. The Morgan fingerprint density at radius 2 is 1.72 bits per heavy atom. The lowest BCUT2D eigenvalue weighted by Crippen LogP contribution is -2.39. The summed E-state index contributed by atoms with van der Waals surface area (Å²) >= 11 is 0. The number of carbonyl (C=O) groups is 3. The molecule has 9 nitrogen and oxygen atoms in total. The molecule has 32 heavy (non-hydrogen) atoms. The van der Waals surface area contributed by atoms with E-state index < -0.39 is 11.6 Å². The van der Waals surface area contributed by atoms with Gasteiger partial charge in [-0.3, -0.25) is 18.7 Å².